The third-order valence-electron chi connectivity index (χ3n) is 4.11. The molecule has 0 amide bonds. The molecule has 0 saturated heterocycles. The summed E-state index contributed by atoms with van der Waals surface area (Å²) in [6, 6.07) is 7.34. The molecule has 0 fully saturated rings. The highest BCUT2D eigenvalue weighted by atomic mass is 16.7. The molecule has 8 nitrogen and oxygen atoms in total. The molecule has 2 rings (SSSR count). The molecule has 0 bridgehead atoms. The number of benzene rings is 2. The second-order valence-electron chi connectivity index (χ2n) is 5.91. The lowest BCUT2D eigenvalue weighted by Crippen LogP contribution is -2.07. The lowest BCUT2D eigenvalue weighted by atomic mass is 10.1. The first kappa shape index (κ1) is 23.2. The van der Waals surface area contributed by atoms with Gasteiger partial charge < -0.3 is 37.9 Å². The molecule has 2 aromatic rings. The Kier molecular flexibility index (Phi) is 9.11. The van der Waals surface area contributed by atoms with Crippen molar-refractivity contribution >= 4 is 12.2 Å². The van der Waals surface area contributed by atoms with Crippen LogP contribution in [0.5, 0.6) is 34.5 Å². The highest BCUT2D eigenvalue weighted by molar-refractivity contribution is 5.77. The van der Waals surface area contributed by atoms with E-state index in [2.05, 4.69) is 0 Å². The van der Waals surface area contributed by atoms with Gasteiger partial charge in [0, 0.05) is 19.8 Å². The van der Waals surface area contributed by atoms with Gasteiger partial charge in [-0.05, 0) is 29.8 Å². The van der Waals surface area contributed by atoms with Gasteiger partial charge >= 0.3 is 0 Å². The van der Waals surface area contributed by atoms with Crippen molar-refractivity contribution in [3.63, 3.8) is 0 Å². The molecule has 0 atom stereocenters. The van der Waals surface area contributed by atoms with Gasteiger partial charge in [0.25, 0.3) is 0 Å². The summed E-state index contributed by atoms with van der Waals surface area (Å²) in [4.78, 5) is 0. The minimum absolute atomic E-state index is 0.0414. The van der Waals surface area contributed by atoms with Crippen LogP contribution in [0.25, 0.3) is 12.2 Å². The van der Waals surface area contributed by atoms with Crippen molar-refractivity contribution in [2.45, 2.75) is 0 Å². The van der Waals surface area contributed by atoms with E-state index in [-0.39, 0.29) is 13.6 Å². The van der Waals surface area contributed by atoms with E-state index < -0.39 is 0 Å². The summed E-state index contributed by atoms with van der Waals surface area (Å²) in [6.45, 7) is 0.0846. The first-order valence-corrected chi connectivity index (χ1v) is 9.06. The van der Waals surface area contributed by atoms with E-state index in [1.165, 1.54) is 7.11 Å². The average molecular weight is 420 g/mol. The Morgan fingerprint density at radius 1 is 0.600 bits per heavy atom. The zero-order chi connectivity index (χ0) is 21.9. The molecule has 0 heterocycles. The molecule has 30 heavy (non-hydrogen) atoms. The molecule has 0 unspecified atom stereocenters. The van der Waals surface area contributed by atoms with Crippen LogP contribution in [0, 0.1) is 0 Å². The number of rotatable bonds is 12. The summed E-state index contributed by atoms with van der Waals surface area (Å²) in [5.74, 6) is 3.06. The summed E-state index contributed by atoms with van der Waals surface area (Å²) in [5.41, 5.74) is 1.60. The first-order valence-electron chi connectivity index (χ1n) is 9.06. The van der Waals surface area contributed by atoms with Crippen molar-refractivity contribution in [3.8, 4) is 34.5 Å². The van der Waals surface area contributed by atoms with Crippen LogP contribution in [0.15, 0.2) is 24.3 Å². The molecule has 164 valence electrons. The Morgan fingerprint density at radius 3 is 1.67 bits per heavy atom. The van der Waals surface area contributed by atoms with Crippen molar-refractivity contribution in [1.29, 1.82) is 0 Å². The predicted molar refractivity (Wildman–Crippen MR) is 113 cm³/mol. The van der Waals surface area contributed by atoms with Crippen LogP contribution in [0.2, 0.25) is 0 Å². The van der Waals surface area contributed by atoms with Gasteiger partial charge in [-0.25, -0.2) is 0 Å². The maximum atomic E-state index is 5.77. The molecule has 0 N–H and O–H groups in total. The summed E-state index contributed by atoms with van der Waals surface area (Å²) in [7, 11) is 9.35. The van der Waals surface area contributed by atoms with E-state index in [1.807, 2.05) is 30.4 Å². The maximum Gasteiger partial charge on any atom is 0.206 e. The zero-order valence-electron chi connectivity index (χ0n) is 18.1. The van der Waals surface area contributed by atoms with Crippen molar-refractivity contribution < 1.29 is 37.9 Å². The van der Waals surface area contributed by atoms with Crippen LogP contribution in [-0.4, -0.2) is 56.2 Å². The van der Waals surface area contributed by atoms with Crippen LogP contribution >= 0.6 is 0 Å². The summed E-state index contributed by atoms with van der Waals surface area (Å²) in [5, 5.41) is 0. The van der Waals surface area contributed by atoms with E-state index >= 15 is 0 Å². The monoisotopic (exact) mass is 420 g/mol. The largest absolute Gasteiger partial charge is 0.493 e. The molecule has 0 aliphatic rings. The van der Waals surface area contributed by atoms with E-state index in [4.69, 9.17) is 37.9 Å². The summed E-state index contributed by atoms with van der Waals surface area (Å²) >= 11 is 0. The van der Waals surface area contributed by atoms with Crippen molar-refractivity contribution in [1.82, 2.24) is 0 Å². The fourth-order valence-corrected chi connectivity index (χ4v) is 2.76. The van der Waals surface area contributed by atoms with Gasteiger partial charge in [-0.2, -0.15) is 0 Å². The molecule has 0 aromatic heterocycles. The molecule has 0 radical (unpaired) electrons. The molecule has 2 aromatic carbocycles. The van der Waals surface area contributed by atoms with E-state index in [1.54, 1.807) is 41.6 Å². The number of hydrogen-bond donors (Lipinski definition) is 0. The van der Waals surface area contributed by atoms with Gasteiger partial charge in [-0.15, -0.1) is 0 Å². The van der Waals surface area contributed by atoms with E-state index in [0.717, 1.165) is 11.1 Å². The molecule has 8 heteroatoms. The second-order valence-corrected chi connectivity index (χ2v) is 5.91. The zero-order valence-corrected chi connectivity index (χ0v) is 18.1. The van der Waals surface area contributed by atoms with E-state index in [9.17, 15) is 0 Å². The molecule has 0 aliphatic carbocycles. The SMILES string of the molecule is COCOc1c(/C=C/c2cc(OC)c(OC)c(OC)c2)ccc(OC)c1OCOC. The highest BCUT2D eigenvalue weighted by Gasteiger charge is 2.17. The van der Waals surface area contributed by atoms with Gasteiger partial charge in [0.1, 0.15) is 0 Å². The first-order chi connectivity index (χ1) is 14.6. The summed E-state index contributed by atoms with van der Waals surface area (Å²) in [6.07, 6.45) is 3.77. The maximum absolute atomic E-state index is 5.77. The summed E-state index contributed by atoms with van der Waals surface area (Å²) < 4.78 is 43.1. The molecular weight excluding hydrogens is 392 g/mol. The van der Waals surface area contributed by atoms with Crippen molar-refractivity contribution in [2.75, 3.05) is 56.2 Å². The minimum Gasteiger partial charge on any atom is -0.493 e. The lowest BCUT2D eigenvalue weighted by molar-refractivity contribution is 0.0306. The van der Waals surface area contributed by atoms with Gasteiger partial charge in [-0.1, -0.05) is 12.2 Å². The minimum atomic E-state index is 0.0414. The number of ether oxygens (including phenoxy) is 8. The van der Waals surface area contributed by atoms with Crippen LogP contribution < -0.4 is 28.4 Å². The molecule has 0 aliphatic heterocycles. The number of methoxy groups -OCH3 is 6. The van der Waals surface area contributed by atoms with Gasteiger partial charge in [-0.3, -0.25) is 0 Å². The van der Waals surface area contributed by atoms with Gasteiger partial charge in [0.05, 0.1) is 28.4 Å². The van der Waals surface area contributed by atoms with Crippen LogP contribution in [0.3, 0.4) is 0 Å². The topological polar surface area (TPSA) is 73.8 Å². The van der Waals surface area contributed by atoms with Crippen molar-refractivity contribution in [2.24, 2.45) is 0 Å². The van der Waals surface area contributed by atoms with Crippen LogP contribution in [-0.2, 0) is 9.47 Å². The van der Waals surface area contributed by atoms with Crippen molar-refractivity contribution in [3.05, 3.63) is 35.4 Å². The highest BCUT2D eigenvalue weighted by Crippen LogP contribution is 2.42. The fourth-order valence-electron chi connectivity index (χ4n) is 2.76. The normalized spacial score (nSPS) is 10.7. The van der Waals surface area contributed by atoms with Crippen LogP contribution in [0.1, 0.15) is 11.1 Å². The molecule has 0 spiro atoms. The fraction of sp³-hybridized carbons (Fsp3) is 0.364. The van der Waals surface area contributed by atoms with E-state index in [0.29, 0.717) is 34.5 Å². The van der Waals surface area contributed by atoms with Gasteiger partial charge in [0.2, 0.25) is 11.5 Å². The third-order valence-corrected chi connectivity index (χ3v) is 4.11. The average Bonchev–Trinajstić information content (AvgIpc) is 2.79. The van der Waals surface area contributed by atoms with Gasteiger partial charge in [0.15, 0.2) is 36.6 Å². The predicted octanol–water partition coefficient (Wildman–Crippen LogP) is 3.86. The Morgan fingerprint density at radius 2 is 1.17 bits per heavy atom. The second kappa shape index (κ2) is 11.8. The smallest absolute Gasteiger partial charge is 0.206 e. The molecular formula is C22H28O8. The third kappa shape index (κ3) is 5.49. The number of hydrogen-bond acceptors (Lipinski definition) is 8. The Hall–Kier alpha value is -3.10. The lowest BCUT2D eigenvalue weighted by Gasteiger charge is -2.17. The standard InChI is InChI=1S/C22H28O8/c1-23-13-29-20-16(9-10-17(25-3)22(20)30-14-24-2)8-7-15-11-18(26-4)21(28-6)19(12-15)27-5/h7-12H,13-14H2,1-6H3/b8-7+. The van der Waals surface area contributed by atoms with Crippen LogP contribution in [0.4, 0.5) is 0 Å². The Labute approximate surface area is 176 Å². The Bertz CT molecular complexity index is 822. The quantitative estimate of drug-likeness (QED) is 0.379. The molecule has 0 saturated carbocycles. The Balaban J connectivity index is 2.49.